The standard InChI is InChI=1S/C15H22N2O3/c1-19-13-9-8-12(10-14(13)20-2)17-15(18)16-11-6-4-3-5-7-11/h8-11H,3-7H2,1-2H3,(H2,16,17,18). The maximum absolute atomic E-state index is 11.9. The van der Waals surface area contributed by atoms with Crippen molar-refractivity contribution in [3.63, 3.8) is 0 Å². The molecule has 2 amide bonds. The lowest BCUT2D eigenvalue weighted by Gasteiger charge is -2.23. The van der Waals surface area contributed by atoms with Crippen molar-refractivity contribution in [3.8, 4) is 11.5 Å². The quantitative estimate of drug-likeness (QED) is 0.889. The molecule has 5 heteroatoms. The van der Waals surface area contributed by atoms with E-state index in [0.29, 0.717) is 23.2 Å². The van der Waals surface area contributed by atoms with Gasteiger partial charge in [-0.05, 0) is 25.0 Å². The van der Waals surface area contributed by atoms with Crippen LogP contribution in [0.25, 0.3) is 0 Å². The van der Waals surface area contributed by atoms with Gasteiger partial charge in [0.25, 0.3) is 0 Å². The van der Waals surface area contributed by atoms with Gasteiger partial charge in [-0.1, -0.05) is 19.3 Å². The molecule has 1 fully saturated rings. The van der Waals surface area contributed by atoms with Gasteiger partial charge >= 0.3 is 6.03 Å². The maximum Gasteiger partial charge on any atom is 0.319 e. The first-order valence-corrected chi connectivity index (χ1v) is 7.02. The summed E-state index contributed by atoms with van der Waals surface area (Å²) in [5, 5.41) is 5.84. The van der Waals surface area contributed by atoms with Gasteiger partial charge < -0.3 is 20.1 Å². The second kappa shape index (κ2) is 7.03. The molecule has 1 aromatic rings. The normalized spacial score (nSPS) is 15.5. The Balaban J connectivity index is 1.93. The van der Waals surface area contributed by atoms with E-state index in [2.05, 4.69) is 10.6 Å². The third-order valence-corrected chi connectivity index (χ3v) is 3.58. The number of benzene rings is 1. The molecule has 1 aliphatic rings. The van der Waals surface area contributed by atoms with E-state index in [1.54, 1.807) is 32.4 Å². The van der Waals surface area contributed by atoms with Gasteiger partial charge in [0.2, 0.25) is 0 Å². The Hall–Kier alpha value is -1.91. The fourth-order valence-corrected chi connectivity index (χ4v) is 2.51. The number of methoxy groups -OCH3 is 2. The highest BCUT2D eigenvalue weighted by Crippen LogP contribution is 2.29. The summed E-state index contributed by atoms with van der Waals surface area (Å²) in [6.45, 7) is 0. The minimum atomic E-state index is -0.163. The second-order valence-electron chi connectivity index (χ2n) is 5.00. The number of hydrogen-bond donors (Lipinski definition) is 2. The Kier molecular flexibility index (Phi) is 5.09. The molecule has 5 nitrogen and oxygen atoms in total. The summed E-state index contributed by atoms with van der Waals surface area (Å²) in [5.41, 5.74) is 0.691. The molecular weight excluding hydrogens is 256 g/mol. The topological polar surface area (TPSA) is 59.6 Å². The van der Waals surface area contributed by atoms with Crippen molar-refractivity contribution < 1.29 is 14.3 Å². The Labute approximate surface area is 119 Å². The van der Waals surface area contributed by atoms with E-state index >= 15 is 0 Å². The van der Waals surface area contributed by atoms with Gasteiger partial charge in [-0.15, -0.1) is 0 Å². The molecule has 1 aliphatic carbocycles. The molecule has 0 spiro atoms. The van der Waals surface area contributed by atoms with Gasteiger partial charge in [0.05, 0.1) is 14.2 Å². The average molecular weight is 278 g/mol. The fourth-order valence-electron chi connectivity index (χ4n) is 2.51. The van der Waals surface area contributed by atoms with Crippen molar-refractivity contribution in [3.05, 3.63) is 18.2 Å². The molecule has 0 saturated heterocycles. The first-order chi connectivity index (χ1) is 9.72. The van der Waals surface area contributed by atoms with Crippen LogP contribution < -0.4 is 20.1 Å². The summed E-state index contributed by atoms with van der Waals surface area (Å²) in [6.07, 6.45) is 5.80. The zero-order chi connectivity index (χ0) is 14.4. The fraction of sp³-hybridized carbons (Fsp3) is 0.533. The highest BCUT2D eigenvalue weighted by molar-refractivity contribution is 5.89. The van der Waals surface area contributed by atoms with Crippen molar-refractivity contribution >= 4 is 11.7 Å². The van der Waals surface area contributed by atoms with Crippen LogP contribution in [-0.2, 0) is 0 Å². The van der Waals surface area contributed by atoms with Crippen LogP contribution in [0, 0.1) is 0 Å². The summed E-state index contributed by atoms with van der Waals surface area (Å²) in [5.74, 6) is 1.24. The smallest absolute Gasteiger partial charge is 0.319 e. The molecule has 1 saturated carbocycles. The number of nitrogens with one attached hydrogen (secondary N) is 2. The van der Waals surface area contributed by atoms with Crippen molar-refractivity contribution in [2.75, 3.05) is 19.5 Å². The van der Waals surface area contributed by atoms with E-state index in [9.17, 15) is 4.79 Å². The molecule has 0 unspecified atom stereocenters. The van der Waals surface area contributed by atoms with Gasteiger partial charge in [-0.3, -0.25) is 0 Å². The first-order valence-electron chi connectivity index (χ1n) is 7.02. The molecule has 2 N–H and O–H groups in total. The highest BCUT2D eigenvalue weighted by Gasteiger charge is 2.15. The highest BCUT2D eigenvalue weighted by atomic mass is 16.5. The maximum atomic E-state index is 11.9. The lowest BCUT2D eigenvalue weighted by Crippen LogP contribution is -2.39. The van der Waals surface area contributed by atoms with Crippen LogP contribution in [0.5, 0.6) is 11.5 Å². The third kappa shape index (κ3) is 3.79. The second-order valence-corrected chi connectivity index (χ2v) is 5.00. The third-order valence-electron chi connectivity index (χ3n) is 3.58. The van der Waals surface area contributed by atoms with Gasteiger partial charge in [0.15, 0.2) is 11.5 Å². The van der Waals surface area contributed by atoms with E-state index in [0.717, 1.165) is 12.8 Å². The largest absolute Gasteiger partial charge is 0.493 e. The number of anilines is 1. The van der Waals surface area contributed by atoms with E-state index in [1.165, 1.54) is 19.3 Å². The molecular formula is C15H22N2O3. The predicted molar refractivity (Wildman–Crippen MR) is 78.6 cm³/mol. The molecule has 0 bridgehead atoms. The number of urea groups is 1. The number of ether oxygens (including phenoxy) is 2. The van der Waals surface area contributed by atoms with Gasteiger partial charge in [0, 0.05) is 17.8 Å². The van der Waals surface area contributed by atoms with Crippen molar-refractivity contribution in [1.82, 2.24) is 5.32 Å². The Bertz CT molecular complexity index is 456. The summed E-state index contributed by atoms with van der Waals surface area (Å²) in [6, 6.07) is 5.45. The van der Waals surface area contributed by atoms with Gasteiger partial charge in [-0.25, -0.2) is 4.79 Å². The van der Waals surface area contributed by atoms with Crippen LogP contribution in [0.3, 0.4) is 0 Å². The number of amides is 2. The van der Waals surface area contributed by atoms with E-state index in [1.807, 2.05) is 0 Å². The SMILES string of the molecule is COc1ccc(NC(=O)NC2CCCCC2)cc1OC. The number of carbonyl (C=O) groups excluding carboxylic acids is 1. The van der Waals surface area contributed by atoms with Crippen molar-refractivity contribution in [2.45, 2.75) is 38.1 Å². The lowest BCUT2D eigenvalue weighted by molar-refractivity contribution is 0.244. The number of carbonyl (C=O) groups is 1. The Morgan fingerprint density at radius 1 is 1.10 bits per heavy atom. The minimum Gasteiger partial charge on any atom is -0.493 e. The molecule has 20 heavy (non-hydrogen) atoms. The lowest BCUT2D eigenvalue weighted by atomic mass is 9.96. The van der Waals surface area contributed by atoms with Crippen LogP contribution in [0.2, 0.25) is 0 Å². The zero-order valence-corrected chi connectivity index (χ0v) is 12.1. The molecule has 0 heterocycles. The van der Waals surface area contributed by atoms with Crippen molar-refractivity contribution in [2.24, 2.45) is 0 Å². The minimum absolute atomic E-state index is 0.163. The Morgan fingerprint density at radius 3 is 2.45 bits per heavy atom. The monoisotopic (exact) mass is 278 g/mol. The molecule has 2 rings (SSSR count). The zero-order valence-electron chi connectivity index (χ0n) is 12.1. The average Bonchev–Trinajstić information content (AvgIpc) is 2.48. The van der Waals surface area contributed by atoms with E-state index in [4.69, 9.17) is 9.47 Å². The van der Waals surface area contributed by atoms with Crippen LogP contribution in [0.15, 0.2) is 18.2 Å². The van der Waals surface area contributed by atoms with Crippen molar-refractivity contribution in [1.29, 1.82) is 0 Å². The number of rotatable bonds is 4. The number of hydrogen-bond acceptors (Lipinski definition) is 3. The predicted octanol–water partition coefficient (Wildman–Crippen LogP) is 3.16. The molecule has 0 aromatic heterocycles. The first kappa shape index (κ1) is 14.5. The van der Waals surface area contributed by atoms with Crippen LogP contribution in [0.4, 0.5) is 10.5 Å². The molecule has 0 radical (unpaired) electrons. The summed E-state index contributed by atoms with van der Waals surface area (Å²) in [7, 11) is 3.16. The van der Waals surface area contributed by atoms with E-state index < -0.39 is 0 Å². The van der Waals surface area contributed by atoms with Crippen LogP contribution in [-0.4, -0.2) is 26.3 Å². The van der Waals surface area contributed by atoms with Gasteiger partial charge in [0.1, 0.15) is 0 Å². The molecule has 0 atom stereocenters. The van der Waals surface area contributed by atoms with Crippen LogP contribution in [0.1, 0.15) is 32.1 Å². The van der Waals surface area contributed by atoms with E-state index in [-0.39, 0.29) is 6.03 Å². The Morgan fingerprint density at radius 2 is 1.80 bits per heavy atom. The summed E-state index contributed by atoms with van der Waals surface area (Å²) in [4.78, 5) is 11.9. The van der Waals surface area contributed by atoms with Crippen LogP contribution >= 0.6 is 0 Å². The molecule has 110 valence electrons. The molecule has 1 aromatic carbocycles. The molecule has 0 aliphatic heterocycles. The summed E-state index contributed by atoms with van der Waals surface area (Å²) < 4.78 is 10.4. The summed E-state index contributed by atoms with van der Waals surface area (Å²) >= 11 is 0. The van der Waals surface area contributed by atoms with Gasteiger partial charge in [-0.2, -0.15) is 0 Å².